The molecule has 9 nitrogen and oxygen atoms in total. The molecule has 0 aromatic carbocycles. The van der Waals surface area contributed by atoms with Crippen molar-refractivity contribution in [1.82, 2.24) is 30.7 Å². The van der Waals surface area contributed by atoms with E-state index in [0.717, 1.165) is 12.4 Å². The monoisotopic (exact) mass is 481 g/mol. The highest BCUT2D eigenvalue weighted by atomic mass is 127. The van der Waals surface area contributed by atoms with Crippen molar-refractivity contribution in [1.29, 1.82) is 0 Å². The number of rotatable bonds is 6. The molecule has 0 atom stereocenters. The van der Waals surface area contributed by atoms with E-state index in [0.29, 0.717) is 19.0 Å². The zero-order valence-corrected chi connectivity index (χ0v) is 19.0. The fourth-order valence-electron chi connectivity index (χ4n) is 1.88. The van der Waals surface area contributed by atoms with E-state index in [2.05, 4.69) is 31.0 Å². The number of amides is 1. The Morgan fingerprint density at radius 3 is 2.42 bits per heavy atom. The highest BCUT2D eigenvalue weighted by Gasteiger charge is 2.24. The summed E-state index contributed by atoms with van der Waals surface area (Å²) in [5, 5.41) is 13.3. The Bertz CT molecular complexity index is 594. The van der Waals surface area contributed by atoms with E-state index >= 15 is 0 Å². The molecule has 0 bridgehead atoms. The van der Waals surface area contributed by atoms with E-state index < -0.39 is 17.2 Å². The summed E-state index contributed by atoms with van der Waals surface area (Å²) in [5.74, 6) is 1.41. The van der Waals surface area contributed by atoms with Crippen LogP contribution in [0, 0.1) is 0 Å². The molecular weight excluding hydrogens is 449 g/mol. The Kier molecular flexibility index (Phi) is 9.89. The lowest BCUT2D eigenvalue weighted by atomic mass is 10.1. The van der Waals surface area contributed by atoms with E-state index in [4.69, 9.17) is 4.74 Å². The Morgan fingerprint density at radius 2 is 1.92 bits per heavy atom. The summed E-state index contributed by atoms with van der Waals surface area (Å²) in [6.07, 6.45) is 1.05. The molecule has 0 saturated heterocycles. The molecular formula is C16H32IN7O2. The van der Waals surface area contributed by atoms with Crippen LogP contribution in [0.3, 0.4) is 0 Å². The van der Waals surface area contributed by atoms with E-state index in [9.17, 15) is 4.79 Å². The number of nitrogens with one attached hydrogen (secondary N) is 3. The first-order valence-corrected chi connectivity index (χ1v) is 8.38. The van der Waals surface area contributed by atoms with Gasteiger partial charge < -0.3 is 20.7 Å². The van der Waals surface area contributed by atoms with Crippen molar-refractivity contribution >= 4 is 36.0 Å². The summed E-state index contributed by atoms with van der Waals surface area (Å²) >= 11 is 0. The molecule has 1 amide bonds. The van der Waals surface area contributed by atoms with Gasteiger partial charge >= 0.3 is 6.09 Å². The minimum Gasteiger partial charge on any atom is -0.444 e. The molecule has 10 heteroatoms. The van der Waals surface area contributed by atoms with Gasteiger partial charge in [-0.25, -0.2) is 14.8 Å². The van der Waals surface area contributed by atoms with Crippen LogP contribution in [0.2, 0.25) is 0 Å². The van der Waals surface area contributed by atoms with Gasteiger partial charge in [0, 0.05) is 20.1 Å². The van der Waals surface area contributed by atoms with Crippen LogP contribution in [0.4, 0.5) is 4.79 Å². The number of aryl methyl sites for hydroxylation is 1. The van der Waals surface area contributed by atoms with Crippen LogP contribution in [0.15, 0.2) is 11.3 Å². The van der Waals surface area contributed by atoms with E-state index in [-0.39, 0.29) is 24.0 Å². The number of nitrogens with zero attached hydrogens (tertiary/aromatic N) is 4. The number of halogens is 1. The van der Waals surface area contributed by atoms with Crippen molar-refractivity contribution in [2.75, 3.05) is 13.1 Å². The summed E-state index contributed by atoms with van der Waals surface area (Å²) in [4.78, 5) is 20.6. The van der Waals surface area contributed by atoms with Gasteiger partial charge in [-0.05, 0) is 41.5 Å². The van der Waals surface area contributed by atoms with Crippen molar-refractivity contribution in [3.05, 3.63) is 12.2 Å². The minimum absolute atomic E-state index is 0. The predicted octanol–water partition coefficient (Wildman–Crippen LogP) is 1.79. The maximum Gasteiger partial charge on any atom is 0.408 e. The highest BCUT2D eigenvalue weighted by molar-refractivity contribution is 14.0. The third-order valence-corrected chi connectivity index (χ3v) is 3.07. The number of carbonyl (C=O) groups excluding carboxylic acids is 1. The van der Waals surface area contributed by atoms with Crippen molar-refractivity contribution in [2.24, 2.45) is 12.0 Å². The molecule has 0 aliphatic heterocycles. The molecule has 0 unspecified atom stereocenters. The molecule has 0 saturated carbocycles. The Morgan fingerprint density at radius 1 is 1.27 bits per heavy atom. The number of aliphatic imine (C=N–C) groups is 1. The molecule has 0 spiro atoms. The fraction of sp³-hybridized carbons (Fsp3) is 0.750. The molecule has 0 fully saturated rings. The molecule has 1 heterocycles. The van der Waals surface area contributed by atoms with Gasteiger partial charge in [0.25, 0.3) is 0 Å². The van der Waals surface area contributed by atoms with Crippen LogP contribution in [0.5, 0.6) is 0 Å². The quantitative estimate of drug-likeness (QED) is 0.325. The highest BCUT2D eigenvalue weighted by Crippen LogP contribution is 2.09. The molecule has 0 aliphatic rings. The van der Waals surface area contributed by atoms with Gasteiger partial charge in [0.2, 0.25) is 0 Å². The zero-order valence-electron chi connectivity index (χ0n) is 16.7. The van der Waals surface area contributed by atoms with Gasteiger partial charge in [0.15, 0.2) is 5.96 Å². The number of hydrogen-bond acceptors (Lipinski definition) is 5. The second kappa shape index (κ2) is 10.5. The van der Waals surface area contributed by atoms with Gasteiger partial charge in [0.05, 0.1) is 5.54 Å². The molecule has 0 aliphatic carbocycles. The first-order chi connectivity index (χ1) is 11.5. The number of guanidine groups is 1. The molecule has 1 aromatic rings. The van der Waals surface area contributed by atoms with Gasteiger partial charge in [0.1, 0.15) is 24.3 Å². The number of carbonyl (C=O) groups is 1. The standard InChI is InChI=1S/C16H31N7O2.HI/c1-8-17-13(18-9-12-20-11-21-23(12)7)19-10-16(5,6)22-14(24)25-15(2,3)4;/h11H,8-10H2,1-7H3,(H,22,24)(H2,17,18,19);1H. The Balaban J connectivity index is 0.00000625. The Hall–Kier alpha value is -1.59. The van der Waals surface area contributed by atoms with Gasteiger partial charge in [-0.3, -0.25) is 4.68 Å². The van der Waals surface area contributed by atoms with Gasteiger partial charge in [-0.2, -0.15) is 5.10 Å². The van der Waals surface area contributed by atoms with Crippen molar-refractivity contribution in [3.63, 3.8) is 0 Å². The number of alkyl carbamates (subject to hydrolysis) is 1. The maximum absolute atomic E-state index is 11.9. The topological polar surface area (TPSA) is 105 Å². The van der Waals surface area contributed by atoms with Crippen molar-refractivity contribution in [3.8, 4) is 0 Å². The van der Waals surface area contributed by atoms with Gasteiger partial charge in [-0.15, -0.1) is 24.0 Å². The fourth-order valence-corrected chi connectivity index (χ4v) is 1.88. The lowest BCUT2D eigenvalue weighted by Crippen LogP contribution is -2.54. The number of ether oxygens (including phenoxy) is 1. The van der Waals surface area contributed by atoms with Gasteiger partial charge in [-0.1, -0.05) is 0 Å². The molecule has 1 aromatic heterocycles. The average Bonchev–Trinajstić information content (AvgIpc) is 2.84. The van der Waals surface area contributed by atoms with Crippen LogP contribution >= 0.6 is 24.0 Å². The SMILES string of the molecule is CCNC(=NCc1ncnn1C)NCC(C)(C)NC(=O)OC(C)(C)C.I. The van der Waals surface area contributed by atoms with Crippen LogP contribution in [0.1, 0.15) is 47.4 Å². The number of aromatic nitrogens is 3. The molecule has 26 heavy (non-hydrogen) atoms. The summed E-state index contributed by atoms with van der Waals surface area (Å²) < 4.78 is 6.98. The molecule has 0 radical (unpaired) electrons. The largest absolute Gasteiger partial charge is 0.444 e. The lowest BCUT2D eigenvalue weighted by molar-refractivity contribution is 0.0474. The second-order valence-electron chi connectivity index (χ2n) is 7.36. The van der Waals surface area contributed by atoms with E-state index in [1.54, 1.807) is 4.68 Å². The van der Waals surface area contributed by atoms with E-state index in [1.165, 1.54) is 6.33 Å². The summed E-state index contributed by atoms with van der Waals surface area (Å²) in [6, 6.07) is 0. The Labute approximate surface area is 172 Å². The van der Waals surface area contributed by atoms with Crippen molar-refractivity contribution in [2.45, 2.75) is 59.2 Å². The first kappa shape index (κ1) is 24.4. The van der Waals surface area contributed by atoms with Crippen LogP contribution < -0.4 is 16.0 Å². The summed E-state index contributed by atoms with van der Waals surface area (Å²) in [7, 11) is 1.83. The number of hydrogen-bond donors (Lipinski definition) is 3. The molecule has 150 valence electrons. The van der Waals surface area contributed by atoms with E-state index in [1.807, 2.05) is 48.6 Å². The summed E-state index contributed by atoms with van der Waals surface area (Å²) in [6.45, 7) is 12.9. The third kappa shape index (κ3) is 9.78. The van der Waals surface area contributed by atoms with Crippen LogP contribution in [-0.2, 0) is 18.3 Å². The first-order valence-electron chi connectivity index (χ1n) is 8.38. The zero-order chi connectivity index (χ0) is 19.1. The lowest BCUT2D eigenvalue weighted by Gasteiger charge is -2.29. The van der Waals surface area contributed by atoms with Crippen LogP contribution in [-0.4, -0.2) is 51.0 Å². The van der Waals surface area contributed by atoms with Crippen molar-refractivity contribution < 1.29 is 9.53 Å². The summed E-state index contributed by atoms with van der Waals surface area (Å²) in [5.41, 5.74) is -1.04. The molecule has 3 N–H and O–H groups in total. The molecule has 1 rings (SSSR count). The maximum atomic E-state index is 11.9. The smallest absolute Gasteiger partial charge is 0.408 e. The third-order valence-electron chi connectivity index (χ3n) is 3.07. The van der Waals surface area contributed by atoms with Crippen LogP contribution in [0.25, 0.3) is 0 Å². The normalized spacial score (nSPS) is 12.2. The average molecular weight is 481 g/mol. The predicted molar refractivity (Wildman–Crippen MR) is 113 cm³/mol. The second-order valence-corrected chi connectivity index (χ2v) is 7.36. The minimum atomic E-state index is -0.528.